The highest BCUT2D eigenvalue weighted by atomic mass is 16.7. The fourth-order valence-corrected chi connectivity index (χ4v) is 3.63. The number of ether oxygens (including phenoxy) is 2. The van der Waals surface area contributed by atoms with Gasteiger partial charge in [0.15, 0.2) is 11.5 Å². The average molecular weight is 372 g/mol. The number of aryl methyl sites for hydroxylation is 1. The van der Waals surface area contributed by atoms with Gasteiger partial charge in [0.2, 0.25) is 6.79 Å². The molecule has 1 aliphatic rings. The van der Waals surface area contributed by atoms with Crippen LogP contribution in [0.25, 0.3) is 5.69 Å². The van der Waals surface area contributed by atoms with Crippen molar-refractivity contribution >= 4 is 0 Å². The summed E-state index contributed by atoms with van der Waals surface area (Å²) in [5, 5.41) is 8.41. The summed E-state index contributed by atoms with van der Waals surface area (Å²) in [7, 11) is 0. The van der Waals surface area contributed by atoms with Crippen LogP contribution < -0.4 is 9.47 Å². The molecule has 0 fully saturated rings. The van der Waals surface area contributed by atoms with Gasteiger partial charge in [-0.05, 0) is 18.6 Å². The topological polar surface area (TPSA) is 49.2 Å². The smallest absolute Gasteiger partial charge is 0.231 e. The van der Waals surface area contributed by atoms with E-state index in [1.54, 1.807) is 6.33 Å². The van der Waals surface area contributed by atoms with E-state index in [9.17, 15) is 0 Å². The standard InChI is InChI=1S/C22H33N3O2/c1-2-3-4-5-6-7-8-9-10-11-12-13-22-24-23-17-25(22)19-14-15-20-21(16-19)27-18-26-20/h14-17H,2-13,18H2,1H3. The Balaban J connectivity index is 1.33. The van der Waals surface area contributed by atoms with Gasteiger partial charge < -0.3 is 9.47 Å². The number of hydrogen-bond acceptors (Lipinski definition) is 4. The molecule has 2 heterocycles. The molecule has 0 atom stereocenters. The Bertz CT molecular complexity index is 684. The third-order valence-corrected chi connectivity index (χ3v) is 5.26. The number of rotatable bonds is 13. The first-order valence-corrected chi connectivity index (χ1v) is 10.7. The normalized spacial score (nSPS) is 12.6. The highest BCUT2D eigenvalue weighted by Crippen LogP contribution is 2.33. The molecular weight excluding hydrogens is 338 g/mol. The lowest BCUT2D eigenvalue weighted by Gasteiger charge is -2.07. The van der Waals surface area contributed by atoms with Gasteiger partial charge in [-0.3, -0.25) is 4.57 Å². The van der Waals surface area contributed by atoms with Crippen molar-refractivity contribution in [1.82, 2.24) is 14.8 Å². The van der Waals surface area contributed by atoms with E-state index < -0.39 is 0 Å². The number of fused-ring (bicyclic) bond motifs is 1. The van der Waals surface area contributed by atoms with Crippen LogP contribution in [0.4, 0.5) is 0 Å². The summed E-state index contributed by atoms with van der Waals surface area (Å²) in [6, 6.07) is 5.97. The molecule has 0 amide bonds. The number of benzene rings is 1. The van der Waals surface area contributed by atoms with Crippen molar-refractivity contribution < 1.29 is 9.47 Å². The van der Waals surface area contributed by atoms with E-state index in [1.165, 1.54) is 70.6 Å². The van der Waals surface area contributed by atoms with Crippen molar-refractivity contribution in [1.29, 1.82) is 0 Å². The molecule has 2 aromatic rings. The van der Waals surface area contributed by atoms with E-state index in [-0.39, 0.29) is 0 Å². The van der Waals surface area contributed by atoms with Crippen molar-refractivity contribution in [3.05, 3.63) is 30.4 Å². The van der Waals surface area contributed by atoms with Crippen LogP contribution in [0.2, 0.25) is 0 Å². The van der Waals surface area contributed by atoms with Gasteiger partial charge in [-0.15, -0.1) is 10.2 Å². The van der Waals surface area contributed by atoms with Crippen LogP contribution in [0.15, 0.2) is 24.5 Å². The van der Waals surface area contributed by atoms with Crippen LogP contribution >= 0.6 is 0 Å². The van der Waals surface area contributed by atoms with Crippen LogP contribution in [0.5, 0.6) is 11.5 Å². The summed E-state index contributed by atoms with van der Waals surface area (Å²) >= 11 is 0. The summed E-state index contributed by atoms with van der Waals surface area (Å²) < 4.78 is 12.9. The zero-order valence-electron chi connectivity index (χ0n) is 16.7. The van der Waals surface area contributed by atoms with Gasteiger partial charge >= 0.3 is 0 Å². The van der Waals surface area contributed by atoms with Crippen LogP contribution in [0.3, 0.4) is 0 Å². The zero-order valence-corrected chi connectivity index (χ0v) is 16.7. The fraction of sp³-hybridized carbons (Fsp3) is 0.636. The summed E-state index contributed by atoms with van der Waals surface area (Å²) in [5.41, 5.74) is 1.03. The minimum Gasteiger partial charge on any atom is -0.454 e. The van der Waals surface area contributed by atoms with Gasteiger partial charge in [0.1, 0.15) is 12.2 Å². The Labute approximate surface area is 163 Å². The Morgan fingerprint density at radius 1 is 0.852 bits per heavy atom. The van der Waals surface area contributed by atoms with Crippen molar-refractivity contribution in [2.45, 2.75) is 84.0 Å². The number of unbranched alkanes of at least 4 members (excludes halogenated alkanes) is 10. The predicted molar refractivity (Wildman–Crippen MR) is 108 cm³/mol. The van der Waals surface area contributed by atoms with Crippen molar-refractivity contribution in [3.8, 4) is 17.2 Å². The molecule has 148 valence electrons. The molecule has 0 saturated carbocycles. The molecule has 5 nitrogen and oxygen atoms in total. The first-order valence-electron chi connectivity index (χ1n) is 10.7. The summed E-state index contributed by atoms with van der Waals surface area (Å²) in [4.78, 5) is 0. The molecule has 1 aromatic carbocycles. The van der Waals surface area contributed by atoms with Crippen molar-refractivity contribution in [2.24, 2.45) is 0 Å². The van der Waals surface area contributed by atoms with E-state index in [2.05, 4.69) is 21.7 Å². The number of hydrogen-bond donors (Lipinski definition) is 0. The summed E-state index contributed by atoms with van der Waals surface area (Å²) in [6.45, 7) is 2.57. The molecule has 0 radical (unpaired) electrons. The largest absolute Gasteiger partial charge is 0.454 e. The van der Waals surface area contributed by atoms with E-state index in [0.29, 0.717) is 6.79 Å². The Kier molecular flexibility index (Phi) is 8.00. The Hall–Kier alpha value is -2.04. The second kappa shape index (κ2) is 11.0. The lowest BCUT2D eigenvalue weighted by Crippen LogP contribution is -2.01. The summed E-state index contributed by atoms with van der Waals surface area (Å²) in [5.74, 6) is 2.62. The maximum Gasteiger partial charge on any atom is 0.231 e. The first-order chi connectivity index (χ1) is 13.4. The average Bonchev–Trinajstić information content (AvgIpc) is 3.34. The Morgan fingerprint density at radius 3 is 2.26 bits per heavy atom. The minimum atomic E-state index is 0.298. The third-order valence-electron chi connectivity index (χ3n) is 5.26. The van der Waals surface area contributed by atoms with Gasteiger partial charge in [0, 0.05) is 12.5 Å². The molecule has 1 aromatic heterocycles. The van der Waals surface area contributed by atoms with Gasteiger partial charge in [-0.2, -0.15) is 0 Å². The quantitative estimate of drug-likeness (QED) is 0.414. The second-order valence-electron chi connectivity index (χ2n) is 7.44. The lowest BCUT2D eigenvalue weighted by molar-refractivity contribution is 0.174. The molecule has 0 spiro atoms. The number of nitrogens with zero attached hydrogens (tertiary/aromatic N) is 3. The molecule has 3 rings (SSSR count). The molecule has 0 bridgehead atoms. The first kappa shape index (κ1) is 19.7. The van der Waals surface area contributed by atoms with Gasteiger partial charge in [0.25, 0.3) is 0 Å². The van der Waals surface area contributed by atoms with Crippen molar-refractivity contribution in [3.63, 3.8) is 0 Å². The van der Waals surface area contributed by atoms with Crippen LogP contribution in [0.1, 0.15) is 83.4 Å². The molecule has 0 aliphatic carbocycles. The molecule has 0 unspecified atom stereocenters. The fourth-order valence-electron chi connectivity index (χ4n) is 3.63. The maximum atomic E-state index is 5.47. The molecule has 1 aliphatic heterocycles. The molecule has 27 heavy (non-hydrogen) atoms. The SMILES string of the molecule is CCCCCCCCCCCCCc1nncn1-c1ccc2c(c1)OCO2. The van der Waals surface area contributed by atoms with E-state index in [0.717, 1.165) is 29.4 Å². The van der Waals surface area contributed by atoms with Gasteiger partial charge in [-0.1, -0.05) is 71.1 Å². The van der Waals surface area contributed by atoms with Crippen LogP contribution in [-0.2, 0) is 6.42 Å². The highest BCUT2D eigenvalue weighted by Gasteiger charge is 2.15. The number of aromatic nitrogens is 3. The summed E-state index contributed by atoms with van der Waals surface area (Å²) in [6.07, 6.45) is 17.7. The molecule has 0 saturated heterocycles. The van der Waals surface area contributed by atoms with E-state index >= 15 is 0 Å². The monoisotopic (exact) mass is 371 g/mol. The minimum absolute atomic E-state index is 0.298. The third kappa shape index (κ3) is 5.98. The van der Waals surface area contributed by atoms with E-state index in [1.807, 2.05) is 18.2 Å². The van der Waals surface area contributed by atoms with Gasteiger partial charge in [0.05, 0.1) is 5.69 Å². The predicted octanol–water partition coefficient (Wildman–Crippen LogP) is 5.85. The lowest BCUT2D eigenvalue weighted by atomic mass is 10.1. The Morgan fingerprint density at radius 2 is 1.52 bits per heavy atom. The van der Waals surface area contributed by atoms with Crippen LogP contribution in [-0.4, -0.2) is 21.6 Å². The van der Waals surface area contributed by atoms with Gasteiger partial charge in [-0.25, -0.2) is 0 Å². The second-order valence-corrected chi connectivity index (χ2v) is 7.44. The van der Waals surface area contributed by atoms with Crippen molar-refractivity contribution in [2.75, 3.05) is 6.79 Å². The molecule has 0 N–H and O–H groups in total. The molecular formula is C22H33N3O2. The molecule has 5 heteroatoms. The highest BCUT2D eigenvalue weighted by molar-refractivity contribution is 5.50. The van der Waals surface area contributed by atoms with E-state index in [4.69, 9.17) is 9.47 Å². The zero-order chi connectivity index (χ0) is 18.7. The van der Waals surface area contributed by atoms with Crippen LogP contribution in [0, 0.1) is 0 Å². The maximum absolute atomic E-state index is 5.47.